The first-order valence-corrected chi connectivity index (χ1v) is 10.2. The van der Waals surface area contributed by atoms with Gasteiger partial charge in [-0.25, -0.2) is 4.98 Å². The summed E-state index contributed by atoms with van der Waals surface area (Å²) < 4.78 is 22.5. The number of aromatic nitrogens is 1. The fourth-order valence-electron chi connectivity index (χ4n) is 3.13. The van der Waals surface area contributed by atoms with Crippen LogP contribution in [0.4, 0.5) is 0 Å². The lowest BCUT2D eigenvalue weighted by Gasteiger charge is -2.11. The first-order valence-electron chi connectivity index (χ1n) is 10.2. The molecule has 0 unspecified atom stereocenters. The van der Waals surface area contributed by atoms with E-state index in [1.807, 2.05) is 63.2 Å². The van der Waals surface area contributed by atoms with E-state index in [9.17, 15) is 4.79 Å². The van der Waals surface area contributed by atoms with Gasteiger partial charge in [-0.2, -0.15) is 0 Å². The fraction of sp³-hybridized carbons (Fsp3) is 0.333. The van der Waals surface area contributed by atoms with Crippen molar-refractivity contribution in [2.24, 2.45) is 0 Å². The lowest BCUT2D eigenvalue weighted by Crippen LogP contribution is -2.08. The molecule has 0 saturated heterocycles. The van der Waals surface area contributed by atoms with Crippen molar-refractivity contribution in [2.45, 2.75) is 33.6 Å². The molecule has 0 N–H and O–H groups in total. The lowest BCUT2D eigenvalue weighted by molar-refractivity contribution is -0.117. The number of ketones is 1. The van der Waals surface area contributed by atoms with Crippen molar-refractivity contribution >= 4 is 5.78 Å². The van der Waals surface area contributed by atoms with Gasteiger partial charge in [0.2, 0.25) is 5.89 Å². The number of oxazole rings is 1. The largest absolute Gasteiger partial charge is 0.494 e. The van der Waals surface area contributed by atoms with Crippen LogP contribution in [0.1, 0.15) is 32.0 Å². The number of rotatable bonds is 11. The molecule has 0 aliphatic carbocycles. The third kappa shape index (κ3) is 5.41. The molecule has 3 aromatic rings. The number of ether oxygens (including phenoxy) is 3. The number of para-hydroxylation sites is 1. The molecular weight excluding hydrogens is 382 g/mol. The van der Waals surface area contributed by atoms with Crippen LogP contribution in [-0.2, 0) is 17.6 Å². The van der Waals surface area contributed by atoms with Gasteiger partial charge in [-0.3, -0.25) is 4.79 Å². The van der Waals surface area contributed by atoms with Crippen LogP contribution in [0.2, 0.25) is 0 Å². The van der Waals surface area contributed by atoms with Crippen LogP contribution >= 0.6 is 0 Å². The van der Waals surface area contributed by atoms with Gasteiger partial charge in [0, 0.05) is 17.5 Å². The Balaban J connectivity index is 1.71. The first-order chi connectivity index (χ1) is 14.6. The van der Waals surface area contributed by atoms with E-state index in [0.717, 1.165) is 16.9 Å². The second kappa shape index (κ2) is 10.5. The summed E-state index contributed by atoms with van der Waals surface area (Å²) in [5.41, 5.74) is 2.24. The van der Waals surface area contributed by atoms with Crippen LogP contribution in [0, 0.1) is 0 Å². The Kier molecular flexibility index (Phi) is 7.49. The minimum Gasteiger partial charge on any atom is -0.494 e. The first kappa shape index (κ1) is 21.4. The van der Waals surface area contributed by atoms with E-state index in [-0.39, 0.29) is 18.6 Å². The monoisotopic (exact) mass is 409 g/mol. The maximum absolute atomic E-state index is 12.6. The number of hydrogen-bond donors (Lipinski definition) is 0. The zero-order valence-corrected chi connectivity index (χ0v) is 17.6. The van der Waals surface area contributed by atoms with Gasteiger partial charge in [0.15, 0.2) is 11.5 Å². The molecule has 3 rings (SSSR count). The van der Waals surface area contributed by atoms with E-state index in [2.05, 4.69) is 4.98 Å². The van der Waals surface area contributed by atoms with E-state index in [1.54, 1.807) is 0 Å². The molecule has 0 bridgehead atoms. The van der Waals surface area contributed by atoms with Crippen molar-refractivity contribution in [3.8, 4) is 28.7 Å². The summed E-state index contributed by atoms with van der Waals surface area (Å²) >= 11 is 0. The number of carbonyl (C=O) groups is 1. The highest BCUT2D eigenvalue weighted by Gasteiger charge is 2.15. The maximum atomic E-state index is 12.6. The molecule has 30 heavy (non-hydrogen) atoms. The standard InChI is InChI=1S/C24H27NO5/c1-4-27-21-10-8-7-9-17(21)13-20(26)15-19-16-30-24(25-19)18-11-12-22(28-5-2)23(14-18)29-6-3/h7-12,14,16H,4-6,13,15H2,1-3H3. The summed E-state index contributed by atoms with van der Waals surface area (Å²) in [5.74, 6) is 2.55. The summed E-state index contributed by atoms with van der Waals surface area (Å²) in [5, 5.41) is 0. The maximum Gasteiger partial charge on any atom is 0.226 e. The summed E-state index contributed by atoms with van der Waals surface area (Å²) in [7, 11) is 0. The number of nitrogens with zero attached hydrogens (tertiary/aromatic N) is 1. The Morgan fingerprint density at radius 2 is 1.57 bits per heavy atom. The Bertz CT molecular complexity index is 979. The molecule has 0 aliphatic rings. The molecule has 0 radical (unpaired) electrons. The van der Waals surface area contributed by atoms with Gasteiger partial charge in [0.05, 0.1) is 31.9 Å². The molecule has 0 saturated carbocycles. The van der Waals surface area contributed by atoms with Gasteiger partial charge in [0.25, 0.3) is 0 Å². The molecular formula is C24H27NO5. The zero-order chi connectivity index (χ0) is 21.3. The second-order valence-electron chi connectivity index (χ2n) is 6.60. The van der Waals surface area contributed by atoms with Crippen molar-refractivity contribution in [2.75, 3.05) is 19.8 Å². The summed E-state index contributed by atoms with van der Waals surface area (Å²) in [6.07, 6.45) is 2.01. The lowest BCUT2D eigenvalue weighted by atomic mass is 10.1. The molecule has 0 atom stereocenters. The van der Waals surface area contributed by atoms with E-state index in [0.29, 0.717) is 42.9 Å². The van der Waals surface area contributed by atoms with Crippen LogP contribution in [0.5, 0.6) is 17.2 Å². The molecule has 1 heterocycles. The van der Waals surface area contributed by atoms with Gasteiger partial charge < -0.3 is 18.6 Å². The zero-order valence-electron chi connectivity index (χ0n) is 17.6. The molecule has 0 spiro atoms. The normalized spacial score (nSPS) is 10.6. The molecule has 2 aromatic carbocycles. The Morgan fingerprint density at radius 3 is 2.33 bits per heavy atom. The van der Waals surface area contributed by atoms with Gasteiger partial charge in [0.1, 0.15) is 17.8 Å². The highest BCUT2D eigenvalue weighted by molar-refractivity contribution is 5.83. The number of Topliss-reactive ketones (excluding diaryl/α,β-unsaturated/α-hetero) is 1. The fourth-order valence-corrected chi connectivity index (χ4v) is 3.13. The molecule has 0 amide bonds. The summed E-state index contributed by atoms with van der Waals surface area (Å²) in [6, 6.07) is 13.1. The molecule has 158 valence electrons. The third-order valence-corrected chi connectivity index (χ3v) is 4.38. The SMILES string of the molecule is CCOc1ccccc1CC(=O)Cc1coc(-c2ccc(OCC)c(OCC)c2)n1. The van der Waals surface area contributed by atoms with Gasteiger partial charge >= 0.3 is 0 Å². The highest BCUT2D eigenvalue weighted by atomic mass is 16.5. The predicted molar refractivity (Wildman–Crippen MR) is 114 cm³/mol. The average Bonchev–Trinajstić information content (AvgIpc) is 3.19. The predicted octanol–water partition coefficient (Wildman–Crippen LogP) is 4.89. The van der Waals surface area contributed by atoms with E-state index < -0.39 is 0 Å². The quantitative estimate of drug-likeness (QED) is 0.449. The Labute approximate surface area is 176 Å². The van der Waals surface area contributed by atoms with Gasteiger partial charge in [-0.05, 0) is 45.0 Å². The van der Waals surface area contributed by atoms with Crippen LogP contribution in [0.25, 0.3) is 11.5 Å². The average molecular weight is 409 g/mol. The van der Waals surface area contributed by atoms with Gasteiger partial charge in [-0.1, -0.05) is 18.2 Å². The minimum absolute atomic E-state index is 0.0451. The van der Waals surface area contributed by atoms with Crippen molar-refractivity contribution in [1.29, 1.82) is 0 Å². The molecule has 1 aromatic heterocycles. The van der Waals surface area contributed by atoms with Crippen LogP contribution in [0.15, 0.2) is 53.1 Å². The van der Waals surface area contributed by atoms with E-state index in [4.69, 9.17) is 18.6 Å². The molecule has 6 nitrogen and oxygen atoms in total. The van der Waals surface area contributed by atoms with Crippen LogP contribution in [0.3, 0.4) is 0 Å². The molecule has 0 aliphatic heterocycles. The topological polar surface area (TPSA) is 70.8 Å². The number of benzene rings is 2. The number of carbonyl (C=O) groups excluding carboxylic acids is 1. The van der Waals surface area contributed by atoms with Crippen molar-refractivity contribution in [3.63, 3.8) is 0 Å². The van der Waals surface area contributed by atoms with Crippen molar-refractivity contribution in [1.82, 2.24) is 4.98 Å². The van der Waals surface area contributed by atoms with Crippen molar-refractivity contribution in [3.05, 3.63) is 60.0 Å². The summed E-state index contributed by atoms with van der Waals surface area (Å²) in [6.45, 7) is 7.40. The van der Waals surface area contributed by atoms with Gasteiger partial charge in [-0.15, -0.1) is 0 Å². The minimum atomic E-state index is 0.0451. The molecule has 0 fully saturated rings. The molecule has 6 heteroatoms. The highest BCUT2D eigenvalue weighted by Crippen LogP contribution is 2.32. The van der Waals surface area contributed by atoms with Crippen molar-refractivity contribution < 1.29 is 23.4 Å². The number of hydrogen-bond acceptors (Lipinski definition) is 6. The summed E-state index contributed by atoms with van der Waals surface area (Å²) in [4.78, 5) is 17.0. The Morgan fingerprint density at radius 1 is 0.867 bits per heavy atom. The third-order valence-electron chi connectivity index (χ3n) is 4.38. The van der Waals surface area contributed by atoms with Crippen LogP contribution < -0.4 is 14.2 Å². The second-order valence-corrected chi connectivity index (χ2v) is 6.60. The smallest absolute Gasteiger partial charge is 0.226 e. The Hall–Kier alpha value is -3.28. The van der Waals surface area contributed by atoms with E-state index in [1.165, 1.54) is 6.26 Å². The van der Waals surface area contributed by atoms with E-state index >= 15 is 0 Å². The van der Waals surface area contributed by atoms with Crippen LogP contribution in [-0.4, -0.2) is 30.6 Å².